The number of nitrogens with zero attached hydrogens (tertiary/aromatic N) is 1. The highest BCUT2D eigenvalue weighted by molar-refractivity contribution is 5.74. The monoisotopic (exact) mass is 244 g/mol. The number of urea groups is 1. The van der Waals surface area contributed by atoms with Crippen molar-refractivity contribution in [3.8, 4) is 0 Å². The van der Waals surface area contributed by atoms with Crippen molar-refractivity contribution in [2.45, 2.75) is 26.2 Å². The highest BCUT2D eigenvalue weighted by atomic mass is 16.5. The van der Waals surface area contributed by atoms with E-state index in [1.54, 1.807) is 0 Å². The fourth-order valence-corrected chi connectivity index (χ4v) is 2.02. The summed E-state index contributed by atoms with van der Waals surface area (Å²) >= 11 is 0. The third kappa shape index (κ3) is 5.89. The molecule has 1 unspecified atom stereocenters. The summed E-state index contributed by atoms with van der Waals surface area (Å²) in [7, 11) is 0. The maximum Gasteiger partial charge on any atom is 0.317 e. The lowest BCUT2D eigenvalue weighted by atomic mass is 10.0. The first-order valence-electron chi connectivity index (χ1n) is 6.45. The summed E-state index contributed by atoms with van der Waals surface area (Å²) in [6.45, 7) is 5.56. The maximum absolute atomic E-state index is 11.8. The van der Waals surface area contributed by atoms with Gasteiger partial charge in [0.2, 0.25) is 0 Å². The lowest BCUT2D eigenvalue weighted by Gasteiger charge is -2.30. The van der Waals surface area contributed by atoms with Gasteiger partial charge in [-0.05, 0) is 25.2 Å². The van der Waals surface area contributed by atoms with Gasteiger partial charge in [-0.25, -0.2) is 4.79 Å². The molecule has 0 aliphatic carbocycles. The average Bonchev–Trinajstić information content (AvgIpc) is 2.33. The molecule has 0 bridgehead atoms. The Morgan fingerprint density at radius 1 is 1.53 bits per heavy atom. The second-order valence-electron chi connectivity index (χ2n) is 4.61. The van der Waals surface area contributed by atoms with E-state index in [9.17, 15) is 4.79 Å². The number of piperidine rings is 1. The van der Waals surface area contributed by atoms with Crippen LogP contribution in [0.2, 0.25) is 0 Å². The molecule has 1 heterocycles. The summed E-state index contributed by atoms with van der Waals surface area (Å²) < 4.78 is 5.11. The van der Waals surface area contributed by atoms with Gasteiger partial charge in [0.1, 0.15) is 0 Å². The zero-order valence-electron chi connectivity index (χ0n) is 10.7. The molecule has 0 saturated carbocycles. The van der Waals surface area contributed by atoms with E-state index in [0.29, 0.717) is 25.7 Å². The molecule has 0 spiro atoms. The smallest absolute Gasteiger partial charge is 0.317 e. The van der Waals surface area contributed by atoms with E-state index in [1.165, 1.54) is 6.42 Å². The molecule has 1 rings (SSSR count). The van der Waals surface area contributed by atoms with Gasteiger partial charge >= 0.3 is 6.03 Å². The van der Waals surface area contributed by atoms with E-state index >= 15 is 0 Å². The lowest BCUT2D eigenvalue weighted by Crippen LogP contribution is -2.45. The molecule has 0 aromatic heterocycles. The Morgan fingerprint density at radius 3 is 3.06 bits per heavy atom. The van der Waals surface area contributed by atoms with E-state index in [0.717, 1.165) is 25.9 Å². The second-order valence-corrected chi connectivity index (χ2v) is 4.61. The number of aliphatic hydroxyl groups excluding tert-OH is 1. The van der Waals surface area contributed by atoms with Gasteiger partial charge in [0.15, 0.2) is 0 Å². The zero-order chi connectivity index (χ0) is 12.5. The van der Waals surface area contributed by atoms with E-state index in [4.69, 9.17) is 9.84 Å². The van der Waals surface area contributed by atoms with Gasteiger partial charge in [-0.3, -0.25) is 0 Å². The summed E-state index contributed by atoms with van der Waals surface area (Å²) in [6, 6.07) is 0.0405. The van der Waals surface area contributed by atoms with Crippen molar-refractivity contribution < 1.29 is 14.6 Å². The Kier molecular flexibility index (Phi) is 6.96. The molecule has 100 valence electrons. The van der Waals surface area contributed by atoms with Crippen LogP contribution in [0.1, 0.15) is 26.2 Å². The Morgan fingerprint density at radius 2 is 2.35 bits per heavy atom. The lowest BCUT2D eigenvalue weighted by molar-refractivity contribution is 0.0905. The van der Waals surface area contributed by atoms with Crippen LogP contribution in [0.3, 0.4) is 0 Å². The summed E-state index contributed by atoms with van der Waals surface area (Å²) in [5, 5.41) is 11.4. The maximum atomic E-state index is 11.8. The molecule has 2 amide bonds. The van der Waals surface area contributed by atoms with Crippen LogP contribution in [0.5, 0.6) is 0 Å². The predicted octanol–water partition coefficient (Wildman–Crippen LogP) is 0.827. The number of rotatable bonds is 6. The second kappa shape index (κ2) is 8.31. The molecule has 1 aliphatic rings. The van der Waals surface area contributed by atoms with Crippen LogP contribution < -0.4 is 5.32 Å². The molecule has 5 nitrogen and oxygen atoms in total. The van der Waals surface area contributed by atoms with Crippen LogP contribution in [0, 0.1) is 5.92 Å². The standard InChI is InChI=1S/C12H24N2O3/c1-11-4-2-6-14(10-11)12(16)13-5-3-8-17-9-7-15/h11,15H,2-10H2,1H3,(H,13,16). The number of aliphatic hydroxyl groups is 1. The van der Waals surface area contributed by atoms with Crippen molar-refractivity contribution in [1.29, 1.82) is 0 Å². The van der Waals surface area contributed by atoms with Crippen LogP contribution >= 0.6 is 0 Å². The van der Waals surface area contributed by atoms with Gasteiger partial charge < -0.3 is 20.1 Å². The molecular weight excluding hydrogens is 220 g/mol. The first-order valence-corrected chi connectivity index (χ1v) is 6.45. The quantitative estimate of drug-likeness (QED) is 0.680. The SMILES string of the molecule is CC1CCCN(C(=O)NCCCOCCO)C1. The number of carbonyl (C=O) groups excluding carboxylic acids is 1. The Labute approximate surface area is 103 Å². The highest BCUT2D eigenvalue weighted by Gasteiger charge is 2.20. The Balaban J connectivity index is 2.04. The number of amides is 2. The number of ether oxygens (including phenoxy) is 1. The van der Waals surface area contributed by atoms with E-state index in [2.05, 4.69) is 12.2 Å². The number of hydrogen-bond acceptors (Lipinski definition) is 3. The molecular formula is C12H24N2O3. The molecule has 1 aliphatic heterocycles. The summed E-state index contributed by atoms with van der Waals surface area (Å²) in [4.78, 5) is 13.7. The van der Waals surface area contributed by atoms with Crippen LogP contribution in [0.4, 0.5) is 4.79 Å². The topological polar surface area (TPSA) is 61.8 Å². The largest absolute Gasteiger partial charge is 0.394 e. The molecule has 0 aromatic rings. The first-order chi connectivity index (χ1) is 8.24. The fourth-order valence-electron chi connectivity index (χ4n) is 2.02. The van der Waals surface area contributed by atoms with Gasteiger partial charge in [0.05, 0.1) is 13.2 Å². The van der Waals surface area contributed by atoms with Crippen LogP contribution in [0.15, 0.2) is 0 Å². The molecule has 1 saturated heterocycles. The normalized spacial score (nSPS) is 20.4. The molecule has 17 heavy (non-hydrogen) atoms. The van der Waals surface area contributed by atoms with Crippen LogP contribution in [-0.4, -0.2) is 55.5 Å². The van der Waals surface area contributed by atoms with Gasteiger partial charge in [0, 0.05) is 26.2 Å². The van der Waals surface area contributed by atoms with Gasteiger partial charge in [-0.1, -0.05) is 6.92 Å². The van der Waals surface area contributed by atoms with E-state index < -0.39 is 0 Å². The van der Waals surface area contributed by atoms with Gasteiger partial charge in [-0.2, -0.15) is 0 Å². The minimum Gasteiger partial charge on any atom is -0.394 e. The zero-order valence-corrected chi connectivity index (χ0v) is 10.7. The van der Waals surface area contributed by atoms with E-state index in [-0.39, 0.29) is 12.6 Å². The van der Waals surface area contributed by atoms with Crippen LogP contribution in [-0.2, 0) is 4.74 Å². The minimum absolute atomic E-state index is 0.0405. The molecule has 1 fully saturated rings. The average molecular weight is 244 g/mol. The first kappa shape index (κ1) is 14.3. The third-order valence-corrected chi connectivity index (χ3v) is 2.92. The third-order valence-electron chi connectivity index (χ3n) is 2.92. The van der Waals surface area contributed by atoms with Crippen molar-refractivity contribution in [2.24, 2.45) is 5.92 Å². The van der Waals surface area contributed by atoms with Crippen LogP contribution in [0.25, 0.3) is 0 Å². The molecule has 5 heteroatoms. The Bertz CT molecular complexity index is 224. The minimum atomic E-state index is 0.0405. The van der Waals surface area contributed by atoms with Gasteiger partial charge in [-0.15, -0.1) is 0 Å². The van der Waals surface area contributed by atoms with Crippen molar-refractivity contribution in [3.05, 3.63) is 0 Å². The highest BCUT2D eigenvalue weighted by Crippen LogP contribution is 2.14. The Hall–Kier alpha value is -0.810. The van der Waals surface area contributed by atoms with Gasteiger partial charge in [0.25, 0.3) is 0 Å². The summed E-state index contributed by atoms with van der Waals surface area (Å²) in [5.41, 5.74) is 0. The summed E-state index contributed by atoms with van der Waals surface area (Å²) in [6.07, 6.45) is 3.11. The van der Waals surface area contributed by atoms with Crippen molar-refractivity contribution in [3.63, 3.8) is 0 Å². The fraction of sp³-hybridized carbons (Fsp3) is 0.917. The molecule has 2 N–H and O–H groups in total. The molecule has 1 atom stereocenters. The number of hydrogen-bond donors (Lipinski definition) is 2. The molecule has 0 aromatic carbocycles. The van der Waals surface area contributed by atoms with Crippen molar-refractivity contribution in [1.82, 2.24) is 10.2 Å². The van der Waals surface area contributed by atoms with E-state index in [1.807, 2.05) is 4.90 Å². The number of nitrogens with one attached hydrogen (secondary N) is 1. The van der Waals surface area contributed by atoms with Crippen molar-refractivity contribution in [2.75, 3.05) is 39.5 Å². The summed E-state index contributed by atoms with van der Waals surface area (Å²) in [5.74, 6) is 0.613. The predicted molar refractivity (Wildman–Crippen MR) is 65.9 cm³/mol. The van der Waals surface area contributed by atoms with Crippen molar-refractivity contribution >= 4 is 6.03 Å². The number of carbonyl (C=O) groups is 1. The molecule has 0 radical (unpaired) electrons. The number of likely N-dealkylation sites (tertiary alicyclic amines) is 1.